The molecule has 4 heteroatoms. The van der Waals surface area contributed by atoms with Gasteiger partial charge in [-0.2, -0.15) is 5.10 Å². The van der Waals surface area contributed by atoms with Crippen molar-refractivity contribution >= 4 is 5.90 Å². The number of benzene rings is 1. The van der Waals surface area contributed by atoms with E-state index in [0.29, 0.717) is 6.61 Å². The first kappa shape index (κ1) is 10.1. The maximum absolute atomic E-state index is 5.46. The molecule has 2 aromatic rings. The molecule has 1 aromatic carbocycles. The average Bonchev–Trinajstić information content (AvgIpc) is 3.01. The Bertz CT molecular complexity index is 531. The molecular weight excluding hydrogens is 214 g/mol. The van der Waals surface area contributed by atoms with Crippen molar-refractivity contribution in [1.82, 2.24) is 9.78 Å². The van der Waals surface area contributed by atoms with Crippen LogP contribution >= 0.6 is 0 Å². The quantitative estimate of drug-likeness (QED) is 0.800. The highest BCUT2D eigenvalue weighted by molar-refractivity contribution is 5.95. The van der Waals surface area contributed by atoms with Crippen molar-refractivity contribution in [3.8, 4) is 0 Å². The van der Waals surface area contributed by atoms with Crippen LogP contribution in [0.4, 0.5) is 0 Å². The number of ether oxygens (including phenoxy) is 1. The van der Waals surface area contributed by atoms with Gasteiger partial charge in [0.15, 0.2) is 0 Å². The summed E-state index contributed by atoms with van der Waals surface area (Å²) in [7, 11) is 0. The Morgan fingerprint density at radius 2 is 2.29 bits per heavy atom. The van der Waals surface area contributed by atoms with Crippen LogP contribution in [0.1, 0.15) is 11.1 Å². The molecule has 1 aromatic heterocycles. The topological polar surface area (TPSA) is 39.4 Å². The minimum absolute atomic E-state index is 0.693. The van der Waals surface area contributed by atoms with Crippen LogP contribution in [-0.2, 0) is 11.3 Å². The molecule has 0 amide bonds. The highest BCUT2D eigenvalue weighted by atomic mass is 16.5. The highest BCUT2D eigenvalue weighted by Crippen LogP contribution is 2.11. The molecule has 1 aliphatic rings. The van der Waals surface area contributed by atoms with E-state index in [1.165, 1.54) is 5.56 Å². The lowest BCUT2D eigenvalue weighted by Gasteiger charge is -2.05. The number of rotatable bonds is 3. The molecule has 0 unspecified atom stereocenters. The van der Waals surface area contributed by atoms with Gasteiger partial charge in [0.25, 0.3) is 0 Å². The molecule has 17 heavy (non-hydrogen) atoms. The largest absolute Gasteiger partial charge is 0.476 e. The van der Waals surface area contributed by atoms with Gasteiger partial charge in [0, 0.05) is 18.0 Å². The molecule has 0 spiro atoms. The second-order valence-corrected chi connectivity index (χ2v) is 3.94. The van der Waals surface area contributed by atoms with E-state index >= 15 is 0 Å². The fourth-order valence-corrected chi connectivity index (χ4v) is 1.89. The molecule has 0 aliphatic carbocycles. The van der Waals surface area contributed by atoms with Crippen molar-refractivity contribution in [2.75, 3.05) is 13.2 Å². The zero-order chi connectivity index (χ0) is 11.5. The first-order chi connectivity index (χ1) is 8.42. The number of aliphatic imine (C=N–C) groups is 1. The minimum atomic E-state index is 0.693. The van der Waals surface area contributed by atoms with Gasteiger partial charge in [-0.15, -0.1) is 0 Å². The third-order valence-electron chi connectivity index (χ3n) is 2.66. The first-order valence-electron chi connectivity index (χ1n) is 5.66. The van der Waals surface area contributed by atoms with Gasteiger partial charge in [0.1, 0.15) is 6.61 Å². The summed E-state index contributed by atoms with van der Waals surface area (Å²) < 4.78 is 7.36. The van der Waals surface area contributed by atoms with E-state index in [-0.39, 0.29) is 0 Å². The lowest BCUT2D eigenvalue weighted by Crippen LogP contribution is -2.04. The average molecular weight is 227 g/mol. The van der Waals surface area contributed by atoms with Crippen LogP contribution in [0.3, 0.4) is 0 Å². The van der Waals surface area contributed by atoms with E-state index in [0.717, 1.165) is 24.6 Å². The van der Waals surface area contributed by atoms with Crippen LogP contribution in [0.5, 0.6) is 0 Å². The van der Waals surface area contributed by atoms with Gasteiger partial charge >= 0.3 is 0 Å². The summed E-state index contributed by atoms with van der Waals surface area (Å²) in [5, 5.41) is 4.19. The van der Waals surface area contributed by atoms with Gasteiger partial charge in [-0.05, 0) is 23.8 Å². The van der Waals surface area contributed by atoms with Gasteiger partial charge in [-0.3, -0.25) is 4.68 Å². The molecule has 4 nitrogen and oxygen atoms in total. The van der Waals surface area contributed by atoms with Crippen LogP contribution in [0, 0.1) is 0 Å². The smallest absolute Gasteiger partial charge is 0.216 e. The molecule has 0 bridgehead atoms. The Hall–Kier alpha value is -2.10. The van der Waals surface area contributed by atoms with E-state index in [1.807, 2.05) is 29.1 Å². The summed E-state index contributed by atoms with van der Waals surface area (Å²) in [6.07, 6.45) is 3.74. The zero-order valence-electron chi connectivity index (χ0n) is 9.41. The number of nitrogens with zero attached hydrogens (tertiary/aromatic N) is 3. The third kappa shape index (κ3) is 2.20. The normalized spacial score (nSPS) is 14.5. The Morgan fingerprint density at radius 3 is 3.06 bits per heavy atom. The Morgan fingerprint density at radius 1 is 1.29 bits per heavy atom. The fourth-order valence-electron chi connectivity index (χ4n) is 1.89. The summed E-state index contributed by atoms with van der Waals surface area (Å²) in [6.45, 7) is 2.23. The molecule has 0 fully saturated rings. The Kier molecular flexibility index (Phi) is 2.62. The first-order valence-corrected chi connectivity index (χ1v) is 5.66. The highest BCUT2D eigenvalue weighted by Gasteiger charge is 2.10. The molecule has 86 valence electrons. The molecule has 2 heterocycles. The van der Waals surface area contributed by atoms with Crippen molar-refractivity contribution in [2.24, 2.45) is 4.99 Å². The predicted molar refractivity (Wildman–Crippen MR) is 65.1 cm³/mol. The molecule has 0 N–H and O–H groups in total. The second kappa shape index (κ2) is 4.41. The van der Waals surface area contributed by atoms with Crippen LogP contribution in [0.25, 0.3) is 0 Å². The lowest BCUT2D eigenvalue weighted by atomic mass is 10.1. The van der Waals surface area contributed by atoms with Crippen molar-refractivity contribution < 1.29 is 4.74 Å². The molecule has 1 aliphatic heterocycles. The number of aromatic nitrogens is 2. The van der Waals surface area contributed by atoms with Gasteiger partial charge < -0.3 is 4.74 Å². The Balaban J connectivity index is 1.84. The van der Waals surface area contributed by atoms with E-state index in [4.69, 9.17) is 4.74 Å². The molecule has 0 radical (unpaired) electrons. The zero-order valence-corrected chi connectivity index (χ0v) is 9.41. The maximum Gasteiger partial charge on any atom is 0.216 e. The molecule has 0 saturated heterocycles. The summed E-state index contributed by atoms with van der Waals surface area (Å²) in [4.78, 5) is 4.32. The number of hydrogen-bond acceptors (Lipinski definition) is 3. The van der Waals surface area contributed by atoms with E-state index in [1.54, 1.807) is 6.20 Å². The minimum Gasteiger partial charge on any atom is -0.476 e. The summed E-state index contributed by atoms with van der Waals surface area (Å²) in [5.41, 5.74) is 2.25. The van der Waals surface area contributed by atoms with Crippen LogP contribution in [-0.4, -0.2) is 28.8 Å². The number of hydrogen-bond donors (Lipinski definition) is 0. The SMILES string of the molecule is c1cc(Cn2cccn2)cc(C2=NCCO2)c1. The predicted octanol–water partition coefficient (Wildman–Crippen LogP) is 1.71. The second-order valence-electron chi connectivity index (χ2n) is 3.94. The van der Waals surface area contributed by atoms with E-state index < -0.39 is 0 Å². The van der Waals surface area contributed by atoms with Crippen molar-refractivity contribution in [1.29, 1.82) is 0 Å². The standard InChI is InChI=1S/C13H13N3O/c1-3-11(10-16-7-2-5-15-16)9-12(4-1)13-14-6-8-17-13/h1-5,7,9H,6,8,10H2. The monoisotopic (exact) mass is 227 g/mol. The van der Waals surface area contributed by atoms with E-state index in [9.17, 15) is 0 Å². The van der Waals surface area contributed by atoms with Gasteiger partial charge in [-0.1, -0.05) is 12.1 Å². The van der Waals surface area contributed by atoms with Crippen LogP contribution in [0.15, 0.2) is 47.7 Å². The molecule has 0 saturated carbocycles. The maximum atomic E-state index is 5.46. The third-order valence-corrected chi connectivity index (χ3v) is 2.66. The van der Waals surface area contributed by atoms with Crippen LogP contribution in [0.2, 0.25) is 0 Å². The van der Waals surface area contributed by atoms with Crippen LogP contribution < -0.4 is 0 Å². The molecule has 0 atom stereocenters. The fraction of sp³-hybridized carbons (Fsp3) is 0.231. The molecule has 3 rings (SSSR count). The Labute approximate surface area is 99.6 Å². The summed E-state index contributed by atoms with van der Waals surface area (Å²) in [5.74, 6) is 0.757. The van der Waals surface area contributed by atoms with Crippen molar-refractivity contribution in [3.63, 3.8) is 0 Å². The van der Waals surface area contributed by atoms with Crippen molar-refractivity contribution in [2.45, 2.75) is 6.54 Å². The molecular formula is C13H13N3O. The van der Waals surface area contributed by atoms with Gasteiger partial charge in [0.05, 0.1) is 13.1 Å². The summed E-state index contributed by atoms with van der Waals surface area (Å²) in [6, 6.07) is 10.2. The van der Waals surface area contributed by atoms with E-state index in [2.05, 4.69) is 22.2 Å². The van der Waals surface area contributed by atoms with Crippen molar-refractivity contribution in [3.05, 3.63) is 53.9 Å². The van der Waals surface area contributed by atoms with Gasteiger partial charge in [0.2, 0.25) is 5.90 Å². The lowest BCUT2D eigenvalue weighted by molar-refractivity contribution is 0.348. The summed E-state index contributed by atoms with van der Waals surface area (Å²) >= 11 is 0. The van der Waals surface area contributed by atoms with Gasteiger partial charge in [-0.25, -0.2) is 4.99 Å².